The van der Waals surface area contributed by atoms with Crippen molar-refractivity contribution in [3.63, 3.8) is 0 Å². The first-order valence-electron chi connectivity index (χ1n) is 14.3. The fourth-order valence-electron chi connectivity index (χ4n) is 5.11. The highest BCUT2D eigenvalue weighted by molar-refractivity contribution is 7.92. The van der Waals surface area contributed by atoms with Gasteiger partial charge in [-0.05, 0) is 74.7 Å². The molecule has 0 heterocycles. The summed E-state index contributed by atoms with van der Waals surface area (Å²) in [6.45, 7) is 2.42. The summed E-state index contributed by atoms with van der Waals surface area (Å²) in [7, 11) is -3.00. The molecule has 12 heteroatoms. The van der Waals surface area contributed by atoms with E-state index in [1.807, 2.05) is 0 Å². The number of ether oxygens (including phenoxy) is 1. The number of nitrogens with zero attached hydrogens (tertiary/aromatic N) is 2. The van der Waals surface area contributed by atoms with Crippen molar-refractivity contribution >= 4 is 27.5 Å². The third kappa shape index (κ3) is 7.90. The third-order valence-electron chi connectivity index (χ3n) is 7.73. The van der Waals surface area contributed by atoms with E-state index < -0.39 is 46.2 Å². The molecule has 236 valence electrons. The second-order valence-electron chi connectivity index (χ2n) is 10.9. The van der Waals surface area contributed by atoms with Crippen molar-refractivity contribution in [1.29, 1.82) is 0 Å². The van der Waals surface area contributed by atoms with Gasteiger partial charge in [-0.2, -0.15) is 13.2 Å². The van der Waals surface area contributed by atoms with Crippen molar-refractivity contribution in [2.45, 2.75) is 69.2 Å². The first-order chi connectivity index (χ1) is 20.8. The van der Waals surface area contributed by atoms with Gasteiger partial charge >= 0.3 is 6.18 Å². The fourth-order valence-corrected chi connectivity index (χ4v) is 6.51. The van der Waals surface area contributed by atoms with Crippen LogP contribution in [0, 0.1) is 6.92 Å². The Hall–Kier alpha value is -4.06. The van der Waals surface area contributed by atoms with Gasteiger partial charge in [-0.25, -0.2) is 8.42 Å². The molecular formula is C32H36F3N3O5S. The summed E-state index contributed by atoms with van der Waals surface area (Å²) in [6, 6.07) is 15.4. The summed E-state index contributed by atoms with van der Waals surface area (Å²) in [4.78, 5) is 28.4. The van der Waals surface area contributed by atoms with Gasteiger partial charge in [0.2, 0.25) is 11.8 Å². The van der Waals surface area contributed by atoms with Crippen molar-refractivity contribution in [3.8, 4) is 5.75 Å². The van der Waals surface area contributed by atoms with E-state index in [4.69, 9.17) is 4.74 Å². The van der Waals surface area contributed by atoms with Gasteiger partial charge in [-0.1, -0.05) is 48.7 Å². The second kappa shape index (κ2) is 13.7. The van der Waals surface area contributed by atoms with E-state index in [2.05, 4.69) is 5.32 Å². The molecule has 4 rings (SSSR count). The van der Waals surface area contributed by atoms with Crippen LogP contribution in [0.25, 0.3) is 0 Å². The average molecular weight is 632 g/mol. The molecule has 44 heavy (non-hydrogen) atoms. The predicted molar refractivity (Wildman–Crippen MR) is 161 cm³/mol. The summed E-state index contributed by atoms with van der Waals surface area (Å²) in [6.07, 6.45) is -1.13. The largest absolute Gasteiger partial charge is 0.497 e. The van der Waals surface area contributed by atoms with Crippen molar-refractivity contribution < 1.29 is 35.9 Å². The highest BCUT2D eigenvalue weighted by Crippen LogP contribution is 2.33. The lowest BCUT2D eigenvalue weighted by Crippen LogP contribution is -2.52. The molecule has 0 saturated heterocycles. The molecule has 1 saturated carbocycles. The van der Waals surface area contributed by atoms with E-state index >= 15 is 0 Å². The molecule has 0 bridgehead atoms. The number of nitrogens with one attached hydrogen (secondary N) is 1. The predicted octanol–water partition coefficient (Wildman–Crippen LogP) is 5.69. The van der Waals surface area contributed by atoms with Crippen LogP contribution in [0.4, 0.5) is 18.9 Å². The number of rotatable bonds is 11. The zero-order chi connectivity index (χ0) is 32.1. The third-order valence-corrected chi connectivity index (χ3v) is 9.52. The molecule has 3 aromatic carbocycles. The average Bonchev–Trinajstić information content (AvgIpc) is 3.51. The van der Waals surface area contributed by atoms with Gasteiger partial charge in [0.15, 0.2) is 0 Å². The van der Waals surface area contributed by atoms with Crippen LogP contribution in [0.5, 0.6) is 5.75 Å². The Bertz CT molecular complexity index is 1560. The van der Waals surface area contributed by atoms with Crippen LogP contribution in [-0.2, 0) is 32.3 Å². The van der Waals surface area contributed by atoms with E-state index in [1.165, 1.54) is 30.2 Å². The monoisotopic (exact) mass is 631 g/mol. The Morgan fingerprint density at radius 2 is 1.64 bits per heavy atom. The number of hydrogen-bond donors (Lipinski definition) is 1. The molecule has 0 aromatic heterocycles. The number of methoxy groups -OCH3 is 1. The lowest BCUT2D eigenvalue weighted by molar-refractivity contribution is -0.139. The lowest BCUT2D eigenvalue weighted by atomic mass is 10.1. The molecule has 1 fully saturated rings. The van der Waals surface area contributed by atoms with Crippen molar-refractivity contribution in [2.24, 2.45) is 0 Å². The Morgan fingerprint density at radius 3 is 2.23 bits per heavy atom. The topological polar surface area (TPSA) is 96.0 Å². The number of hydrogen-bond acceptors (Lipinski definition) is 5. The van der Waals surface area contributed by atoms with Gasteiger partial charge in [-0.15, -0.1) is 0 Å². The summed E-state index contributed by atoms with van der Waals surface area (Å²) in [5.74, 6) is -0.577. The second-order valence-corrected chi connectivity index (χ2v) is 12.8. The van der Waals surface area contributed by atoms with E-state index in [-0.39, 0.29) is 23.2 Å². The Morgan fingerprint density at radius 1 is 1.00 bits per heavy atom. The highest BCUT2D eigenvalue weighted by Gasteiger charge is 2.35. The van der Waals surface area contributed by atoms with Crippen LogP contribution in [0.3, 0.4) is 0 Å². The normalized spacial score (nSPS) is 14.6. The first kappa shape index (κ1) is 32.8. The minimum absolute atomic E-state index is 0.0218. The quantitative estimate of drug-likeness (QED) is 0.293. The number of benzene rings is 3. The number of sulfonamides is 1. The van der Waals surface area contributed by atoms with Crippen LogP contribution in [0.1, 0.15) is 49.3 Å². The van der Waals surface area contributed by atoms with Crippen LogP contribution < -0.4 is 14.4 Å². The SMILES string of the molecule is COc1ccc(CN(C(=O)CN(c2cccc(C(F)(F)F)c2)S(=O)(=O)c2ccc(C)cc2)C(C)C(=O)NC2CCCC2)cc1. The standard InChI is InChI=1S/C32H36F3N3O5S/c1-22-11-17-29(18-12-22)44(41,42)38(27-10-6-7-25(19-27)32(33,34)35)21-30(39)37(20-24-13-15-28(43-3)16-14-24)23(2)31(40)36-26-8-4-5-9-26/h6-7,10-19,23,26H,4-5,8-9,20-21H2,1-3H3,(H,36,40). The van der Waals surface area contributed by atoms with Gasteiger partial charge < -0.3 is 15.0 Å². The number of carbonyl (C=O) groups is 2. The molecule has 1 atom stereocenters. The van der Waals surface area contributed by atoms with E-state index in [1.54, 1.807) is 50.2 Å². The minimum atomic E-state index is -4.74. The van der Waals surface area contributed by atoms with E-state index in [0.29, 0.717) is 21.7 Å². The summed E-state index contributed by atoms with van der Waals surface area (Å²) in [5.41, 5.74) is 0.0252. The van der Waals surface area contributed by atoms with Crippen LogP contribution in [0.15, 0.2) is 77.7 Å². The Kier molecular flexibility index (Phi) is 10.2. The highest BCUT2D eigenvalue weighted by atomic mass is 32.2. The molecule has 8 nitrogen and oxygen atoms in total. The van der Waals surface area contributed by atoms with Crippen LogP contribution in [0.2, 0.25) is 0 Å². The van der Waals surface area contributed by atoms with E-state index in [9.17, 15) is 31.2 Å². The molecule has 3 aromatic rings. The Balaban J connectivity index is 1.73. The molecule has 0 radical (unpaired) electrons. The Labute approximate surface area is 255 Å². The van der Waals surface area contributed by atoms with Crippen LogP contribution in [-0.4, -0.2) is 50.9 Å². The molecule has 0 aliphatic heterocycles. The van der Waals surface area contributed by atoms with Gasteiger partial charge in [0.1, 0.15) is 18.3 Å². The van der Waals surface area contributed by atoms with Crippen molar-refractivity contribution in [1.82, 2.24) is 10.2 Å². The van der Waals surface area contributed by atoms with E-state index in [0.717, 1.165) is 43.4 Å². The van der Waals surface area contributed by atoms with Gasteiger partial charge in [0.05, 0.1) is 23.3 Å². The molecular weight excluding hydrogens is 595 g/mol. The fraction of sp³-hybridized carbons (Fsp3) is 0.375. The molecule has 1 aliphatic rings. The maximum absolute atomic E-state index is 14.0. The van der Waals surface area contributed by atoms with Crippen molar-refractivity contribution in [2.75, 3.05) is 18.0 Å². The lowest BCUT2D eigenvalue weighted by Gasteiger charge is -2.32. The summed E-state index contributed by atoms with van der Waals surface area (Å²) in [5, 5.41) is 2.98. The zero-order valence-corrected chi connectivity index (χ0v) is 25.6. The number of anilines is 1. The molecule has 1 unspecified atom stereocenters. The van der Waals surface area contributed by atoms with Crippen molar-refractivity contribution in [3.05, 3.63) is 89.5 Å². The number of amides is 2. The molecule has 1 aliphatic carbocycles. The van der Waals surface area contributed by atoms with Gasteiger partial charge in [0, 0.05) is 12.6 Å². The maximum atomic E-state index is 14.0. The molecule has 1 N–H and O–H groups in total. The summed E-state index contributed by atoms with van der Waals surface area (Å²) >= 11 is 0. The summed E-state index contributed by atoms with van der Waals surface area (Å²) < 4.78 is 74.6. The van der Waals surface area contributed by atoms with Gasteiger partial charge in [-0.3, -0.25) is 13.9 Å². The zero-order valence-electron chi connectivity index (χ0n) is 24.8. The number of halogens is 3. The van der Waals surface area contributed by atoms with Crippen LogP contribution >= 0.6 is 0 Å². The first-order valence-corrected chi connectivity index (χ1v) is 15.7. The number of alkyl halides is 3. The number of aryl methyl sites for hydroxylation is 1. The minimum Gasteiger partial charge on any atom is -0.497 e. The number of carbonyl (C=O) groups excluding carboxylic acids is 2. The smallest absolute Gasteiger partial charge is 0.416 e. The molecule has 0 spiro atoms. The molecule has 2 amide bonds. The van der Waals surface area contributed by atoms with Gasteiger partial charge in [0.25, 0.3) is 10.0 Å². The maximum Gasteiger partial charge on any atom is 0.416 e.